The molecule has 28 heavy (non-hydrogen) atoms. The van der Waals surface area contributed by atoms with Crippen LogP contribution in [0.2, 0.25) is 10.0 Å². The van der Waals surface area contributed by atoms with Gasteiger partial charge < -0.3 is 14.2 Å². The van der Waals surface area contributed by atoms with Crippen LogP contribution in [0, 0.1) is 5.41 Å². The number of ether oxygens (including phenoxy) is 3. The SMILES string of the molecule is CCOC(=O)c1c(Oc2ccc(Cl)cc2)nnn1C(=N)Oc1ccc(Cl)cc1. The molecule has 144 valence electrons. The molecular formula is C18H14Cl2N4O4. The molecule has 0 fully saturated rings. The summed E-state index contributed by atoms with van der Waals surface area (Å²) in [7, 11) is 0. The lowest BCUT2D eigenvalue weighted by molar-refractivity contribution is 0.0512. The molecule has 0 aliphatic rings. The van der Waals surface area contributed by atoms with E-state index in [4.69, 9.17) is 42.8 Å². The number of esters is 1. The molecule has 0 aliphatic heterocycles. The summed E-state index contributed by atoms with van der Waals surface area (Å²) in [5.41, 5.74) is -0.184. The van der Waals surface area contributed by atoms with E-state index >= 15 is 0 Å². The topological polar surface area (TPSA) is 99.3 Å². The number of benzene rings is 2. The van der Waals surface area contributed by atoms with Crippen molar-refractivity contribution in [3.8, 4) is 17.4 Å². The van der Waals surface area contributed by atoms with E-state index in [-0.39, 0.29) is 18.2 Å². The molecule has 0 radical (unpaired) electrons. The summed E-state index contributed by atoms with van der Waals surface area (Å²) < 4.78 is 16.9. The van der Waals surface area contributed by atoms with E-state index in [9.17, 15) is 4.79 Å². The van der Waals surface area contributed by atoms with E-state index in [1.807, 2.05) is 0 Å². The minimum absolute atomic E-state index is 0.121. The van der Waals surface area contributed by atoms with Crippen LogP contribution in [0.4, 0.5) is 0 Å². The number of hydrogen-bond acceptors (Lipinski definition) is 7. The van der Waals surface area contributed by atoms with Gasteiger partial charge in [0.05, 0.1) is 6.61 Å². The molecule has 3 rings (SSSR count). The Morgan fingerprint density at radius 3 is 2.18 bits per heavy atom. The third-order valence-corrected chi connectivity index (χ3v) is 3.86. The van der Waals surface area contributed by atoms with E-state index in [0.29, 0.717) is 21.5 Å². The van der Waals surface area contributed by atoms with Crippen LogP contribution in [0.15, 0.2) is 48.5 Å². The Labute approximate surface area is 170 Å². The molecule has 0 spiro atoms. The molecule has 1 aromatic heterocycles. The van der Waals surface area contributed by atoms with Crippen molar-refractivity contribution in [3.63, 3.8) is 0 Å². The first-order chi connectivity index (χ1) is 13.5. The van der Waals surface area contributed by atoms with Crippen molar-refractivity contribution in [1.82, 2.24) is 15.0 Å². The highest BCUT2D eigenvalue weighted by Crippen LogP contribution is 2.25. The van der Waals surface area contributed by atoms with Gasteiger partial charge in [0.25, 0.3) is 5.88 Å². The first-order valence-electron chi connectivity index (χ1n) is 8.06. The average Bonchev–Trinajstić information content (AvgIpc) is 3.09. The molecule has 0 aliphatic carbocycles. The number of carbonyl (C=O) groups excluding carboxylic acids is 1. The van der Waals surface area contributed by atoms with Gasteiger partial charge in [0.2, 0.25) is 5.69 Å². The summed E-state index contributed by atoms with van der Waals surface area (Å²) in [6.07, 6.45) is 0. The van der Waals surface area contributed by atoms with Crippen LogP contribution in [0.3, 0.4) is 0 Å². The summed E-state index contributed by atoms with van der Waals surface area (Å²) in [5, 5.41) is 16.8. The van der Waals surface area contributed by atoms with E-state index in [0.717, 1.165) is 4.68 Å². The zero-order valence-electron chi connectivity index (χ0n) is 14.6. The van der Waals surface area contributed by atoms with E-state index < -0.39 is 12.0 Å². The van der Waals surface area contributed by atoms with Gasteiger partial charge in [0.15, 0.2) is 0 Å². The first-order valence-corrected chi connectivity index (χ1v) is 8.82. The fraction of sp³-hybridized carbons (Fsp3) is 0.111. The van der Waals surface area contributed by atoms with Crippen molar-refractivity contribution in [2.24, 2.45) is 0 Å². The van der Waals surface area contributed by atoms with Gasteiger partial charge in [-0.3, -0.25) is 0 Å². The van der Waals surface area contributed by atoms with Crippen LogP contribution in [0.1, 0.15) is 17.4 Å². The minimum Gasteiger partial charge on any atom is -0.461 e. The number of aromatic nitrogens is 3. The van der Waals surface area contributed by atoms with Crippen molar-refractivity contribution in [2.75, 3.05) is 6.61 Å². The monoisotopic (exact) mass is 420 g/mol. The maximum atomic E-state index is 12.4. The highest BCUT2D eigenvalue weighted by molar-refractivity contribution is 6.30. The third-order valence-electron chi connectivity index (χ3n) is 3.36. The van der Waals surface area contributed by atoms with Crippen LogP contribution in [0.25, 0.3) is 0 Å². The Hall–Kier alpha value is -3.10. The summed E-state index contributed by atoms with van der Waals surface area (Å²) in [5.74, 6) is -0.182. The molecule has 10 heteroatoms. The van der Waals surface area contributed by atoms with Gasteiger partial charge in [-0.25, -0.2) is 10.2 Å². The lowest BCUT2D eigenvalue weighted by Crippen LogP contribution is -2.24. The van der Waals surface area contributed by atoms with Crippen molar-refractivity contribution in [3.05, 3.63) is 64.3 Å². The van der Waals surface area contributed by atoms with Crippen molar-refractivity contribution >= 4 is 35.2 Å². The minimum atomic E-state index is -0.763. The average molecular weight is 421 g/mol. The predicted octanol–water partition coefficient (Wildman–Crippen LogP) is 4.42. The summed E-state index contributed by atoms with van der Waals surface area (Å²) in [6, 6.07) is 12.3. The highest BCUT2D eigenvalue weighted by Gasteiger charge is 2.27. The summed E-state index contributed by atoms with van der Waals surface area (Å²) in [6.45, 7) is 1.77. The first kappa shape index (κ1) is 19.7. The molecular weight excluding hydrogens is 407 g/mol. The number of hydrogen-bond donors (Lipinski definition) is 1. The van der Waals surface area contributed by atoms with Gasteiger partial charge >= 0.3 is 12.0 Å². The Bertz CT molecular complexity index is 988. The van der Waals surface area contributed by atoms with Crippen molar-refractivity contribution in [1.29, 1.82) is 5.41 Å². The molecule has 0 saturated heterocycles. The maximum absolute atomic E-state index is 12.4. The quantitative estimate of drug-likeness (QED) is 0.372. The van der Waals surface area contributed by atoms with Crippen LogP contribution in [0.5, 0.6) is 17.4 Å². The fourth-order valence-corrected chi connectivity index (χ4v) is 2.38. The molecule has 0 amide bonds. The van der Waals surface area contributed by atoms with Gasteiger partial charge in [-0.1, -0.05) is 33.5 Å². The standard InChI is InChI=1S/C18H14Cl2N4O4/c1-2-26-17(25)15-16(27-13-7-3-11(19)4-8-13)22-23-24(15)18(21)28-14-9-5-12(20)6-10-14/h3-10,21H,2H2,1H3. The predicted molar refractivity (Wildman–Crippen MR) is 103 cm³/mol. The maximum Gasteiger partial charge on any atom is 0.363 e. The second kappa shape index (κ2) is 8.73. The number of nitrogens with one attached hydrogen (secondary N) is 1. The van der Waals surface area contributed by atoms with Gasteiger partial charge in [0, 0.05) is 10.0 Å². The summed E-state index contributed by atoms with van der Waals surface area (Å²) in [4.78, 5) is 12.4. The highest BCUT2D eigenvalue weighted by atomic mass is 35.5. The number of nitrogens with zero attached hydrogens (tertiary/aromatic N) is 3. The number of rotatable bonds is 5. The normalized spacial score (nSPS) is 10.4. The summed E-state index contributed by atoms with van der Waals surface area (Å²) >= 11 is 11.7. The zero-order valence-corrected chi connectivity index (χ0v) is 16.1. The van der Waals surface area contributed by atoms with Gasteiger partial charge in [-0.05, 0) is 55.5 Å². The van der Waals surface area contributed by atoms with Crippen LogP contribution < -0.4 is 9.47 Å². The zero-order chi connectivity index (χ0) is 20.1. The number of carbonyl (C=O) groups is 1. The van der Waals surface area contributed by atoms with E-state index in [1.165, 1.54) is 0 Å². The van der Waals surface area contributed by atoms with Gasteiger partial charge in [0.1, 0.15) is 11.5 Å². The molecule has 1 N–H and O–H groups in total. The largest absolute Gasteiger partial charge is 0.461 e. The lowest BCUT2D eigenvalue weighted by Gasteiger charge is -2.09. The second-order valence-electron chi connectivity index (χ2n) is 5.29. The Balaban J connectivity index is 1.90. The van der Waals surface area contributed by atoms with E-state index in [2.05, 4.69) is 10.3 Å². The third kappa shape index (κ3) is 4.59. The lowest BCUT2D eigenvalue weighted by atomic mass is 10.3. The Morgan fingerprint density at radius 1 is 1.04 bits per heavy atom. The van der Waals surface area contributed by atoms with Crippen molar-refractivity contribution in [2.45, 2.75) is 6.92 Å². The second-order valence-corrected chi connectivity index (χ2v) is 6.17. The fourth-order valence-electron chi connectivity index (χ4n) is 2.12. The molecule has 1 heterocycles. The Kier molecular flexibility index (Phi) is 6.13. The van der Waals surface area contributed by atoms with E-state index in [1.54, 1.807) is 55.5 Å². The van der Waals surface area contributed by atoms with Crippen LogP contribution >= 0.6 is 23.2 Å². The molecule has 0 saturated carbocycles. The molecule has 0 atom stereocenters. The molecule has 0 bridgehead atoms. The number of halogens is 2. The van der Waals surface area contributed by atoms with Crippen molar-refractivity contribution < 1.29 is 19.0 Å². The molecule has 3 aromatic rings. The van der Waals surface area contributed by atoms with Crippen LogP contribution in [-0.4, -0.2) is 33.6 Å². The molecule has 8 nitrogen and oxygen atoms in total. The molecule has 0 unspecified atom stereocenters. The molecule has 2 aromatic carbocycles. The van der Waals surface area contributed by atoms with Gasteiger partial charge in [-0.2, -0.15) is 4.68 Å². The smallest absolute Gasteiger partial charge is 0.363 e. The van der Waals surface area contributed by atoms with Gasteiger partial charge in [-0.15, -0.1) is 0 Å². The van der Waals surface area contributed by atoms with Crippen LogP contribution in [-0.2, 0) is 4.74 Å². The Morgan fingerprint density at radius 2 is 1.61 bits per heavy atom.